The van der Waals surface area contributed by atoms with Crippen molar-refractivity contribution in [3.05, 3.63) is 68.8 Å². The molecule has 3 aromatic rings. The fourth-order valence-electron chi connectivity index (χ4n) is 2.23. The van der Waals surface area contributed by atoms with Crippen molar-refractivity contribution in [3.8, 4) is 0 Å². The molecule has 2 aromatic carbocycles. The van der Waals surface area contributed by atoms with Gasteiger partial charge < -0.3 is 5.11 Å². The lowest BCUT2D eigenvalue weighted by Gasteiger charge is -2.10. The molecule has 0 fully saturated rings. The Balaban J connectivity index is 1.87. The number of aliphatic hydroxyl groups is 1. The molecule has 1 aromatic heterocycles. The zero-order chi connectivity index (χ0) is 13.2. The van der Waals surface area contributed by atoms with Gasteiger partial charge in [0.2, 0.25) is 0 Å². The first-order valence-corrected chi connectivity index (χ1v) is 7.85. The molecule has 1 nitrogen and oxygen atoms in total. The summed E-state index contributed by atoms with van der Waals surface area (Å²) in [6.45, 7) is 0. The standard InChI is InChI=1S/C16H13BrOS/c17-15-10-19-9-14(15)16(18)8-11-5-6-12-3-1-2-4-13(12)7-11/h1-7,9-10,16,18H,8H2. The van der Waals surface area contributed by atoms with E-state index in [-0.39, 0.29) is 0 Å². The van der Waals surface area contributed by atoms with Crippen molar-refractivity contribution >= 4 is 38.0 Å². The minimum Gasteiger partial charge on any atom is -0.388 e. The molecule has 1 unspecified atom stereocenters. The molecule has 1 heterocycles. The minimum absolute atomic E-state index is 0.457. The van der Waals surface area contributed by atoms with Gasteiger partial charge >= 0.3 is 0 Å². The molecule has 0 saturated heterocycles. The summed E-state index contributed by atoms with van der Waals surface area (Å²) in [5, 5.41) is 16.7. The molecular formula is C16H13BrOS. The van der Waals surface area contributed by atoms with Gasteiger partial charge in [0.25, 0.3) is 0 Å². The summed E-state index contributed by atoms with van der Waals surface area (Å²) < 4.78 is 0.991. The lowest BCUT2D eigenvalue weighted by Crippen LogP contribution is -2.01. The first kappa shape index (κ1) is 12.9. The molecule has 19 heavy (non-hydrogen) atoms. The number of fused-ring (bicyclic) bond motifs is 1. The minimum atomic E-state index is -0.457. The van der Waals surface area contributed by atoms with E-state index in [0.717, 1.165) is 15.6 Å². The quantitative estimate of drug-likeness (QED) is 0.720. The second-order valence-electron chi connectivity index (χ2n) is 4.58. The number of thiophene rings is 1. The van der Waals surface area contributed by atoms with E-state index >= 15 is 0 Å². The lowest BCUT2D eigenvalue weighted by molar-refractivity contribution is 0.178. The highest BCUT2D eigenvalue weighted by Crippen LogP contribution is 2.30. The van der Waals surface area contributed by atoms with Gasteiger partial charge in [-0.25, -0.2) is 0 Å². The maximum Gasteiger partial charge on any atom is 0.0849 e. The van der Waals surface area contributed by atoms with E-state index in [2.05, 4.69) is 46.3 Å². The molecule has 1 atom stereocenters. The predicted molar refractivity (Wildman–Crippen MR) is 84.6 cm³/mol. The van der Waals surface area contributed by atoms with Crippen LogP contribution in [0.4, 0.5) is 0 Å². The van der Waals surface area contributed by atoms with Crippen molar-refractivity contribution in [2.45, 2.75) is 12.5 Å². The summed E-state index contributed by atoms with van der Waals surface area (Å²) in [6, 6.07) is 14.6. The lowest BCUT2D eigenvalue weighted by atomic mass is 10.0. The van der Waals surface area contributed by atoms with Crippen molar-refractivity contribution < 1.29 is 5.11 Å². The number of aliphatic hydroxyl groups excluding tert-OH is 1. The van der Waals surface area contributed by atoms with Crippen molar-refractivity contribution in [1.82, 2.24) is 0 Å². The van der Waals surface area contributed by atoms with Crippen LogP contribution in [0, 0.1) is 0 Å². The van der Waals surface area contributed by atoms with Crippen molar-refractivity contribution in [2.75, 3.05) is 0 Å². The highest BCUT2D eigenvalue weighted by Gasteiger charge is 2.13. The van der Waals surface area contributed by atoms with E-state index in [1.165, 1.54) is 10.8 Å². The fourth-order valence-corrected chi connectivity index (χ4v) is 3.84. The zero-order valence-electron chi connectivity index (χ0n) is 10.2. The van der Waals surface area contributed by atoms with Gasteiger partial charge in [-0.1, -0.05) is 42.5 Å². The van der Waals surface area contributed by atoms with Crippen molar-refractivity contribution in [2.24, 2.45) is 0 Å². The van der Waals surface area contributed by atoms with Gasteiger partial charge in [-0.05, 0) is 37.6 Å². The summed E-state index contributed by atoms with van der Waals surface area (Å²) in [5.41, 5.74) is 2.13. The Morgan fingerprint density at radius 2 is 1.84 bits per heavy atom. The van der Waals surface area contributed by atoms with Crippen LogP contribution in [0.5, 0.6) is 0 Å². The van der Waals surface area contributed by atoms with Gasteiger partial charge in [0, 0.05) is 21.8 Å². The zero-order valence-corrected chi connectivity index (χ0v) is 12.6. The van der Waals surface area contributed by atoms with E-state index in [0.29, 0.717) is 6.42 Å². The monoisotopic (exact) mass is 332 g/mol. The Kier molecular flexibility index (Phi) is 3.69. The summed E-state index contributed by atoms with van der Waals surface area (Å²) in [5.74, 6) is 0. The van der Waals surface area contributed by atoms with Gasteiger partial charge in [-0.2, -0.15) is 11.3 Å². The molecule has 96 valence electrons. The maximum atomic E-state index is 10.3. The first-order valence-electron chi connectivity index (χ1n) is 6.11. The number of hydrogen-bond acceptors (Lipinski definition) is 2. The van der Waals surface area contributed by atoms with E-state index in [1.54, 1.807) is 11.3 Å². The Bertz CT molecular complexity index is 705. The fraction of sp³-hybridized carbons (Fsp3) is 0.125. The highest BCUT2D eigenvalue weighted by molar-refractivity contribution is 9.10. The molecule has 0 aliphatic carbocycles. The van der Waals surface area contributed by atoms with Crippen LogP contribution >= 0.6 is 27.3 Å². The van der Waals surface area contributed by atoms with Crippen LogP contribution in [-0.2, 0) is 6.42 Å². The van der Waals surface area contributed by atoms with E-state index in [1.807, 2.05) is 22.9 Å². The largest absolute Gasteiger partial charge is 0.388 e. The Hall–Kier alpha value is -1.16. The topological polar surface area (TPSA) is 20.2 Å². The average molecular weight is 333 g/mol. The summed E-state index contributed by atoms with van der Waals surface area (Å²) in [4.78, 5) is 0. The third-order valence-corrected chi connectivity index (χ3v) is 5.00. The van der Waals surface area contributed by atoms with Crippen LogP contribution in [0.2, 0.25) is 0 Å². The predicted octanol–water partition coefficient (Wildman–Crippen LogP) is 4.94. The molecule has 3 heteroatoms. The Labute approximate surface area is 124 Å². The van der Waals surface area contributed by atoms with Crippen molar-refractivity contribution in [1.29, 1.82) is 0 Å². The van der Waals surface area contributed by atoms with Crippen LogP contribution in [0.1, 0.15) is 17.2 Å². The first-order chi connectivity index (χ1) is 9.24. The maximum absolute atomic E-state index is 10.3. The second-order valence-corrected chi connectivity index (χ2v) is 6.17. The van der Waals surface area contributed by atoms with Gasteiger partial charge in [-0.3, -0.25) is 0 Å². The van der Waals surface area contributed by atoms with Crippen LogP contribution in [0.3, 0.4) is 0 Å². The summed E-state index contributed by atoms with van der Waals surface area (Å²) >= 11 is 5.07. The van der Waals surface area contributed by atoms with E-state index in [4.69, 9.17) is 0 Å². The molecule has 1 N–H and O–H groups in total. The van der Waals surface area contributed by atoms with Crippen LogP contribution < -0.4 is 0 Å². The van der Waals surface area contributed by atoms with Crippen LogP contribution in [0.25, 0.3) is 10.8 Å². The van der Waals surface area contributed by atoms with Gasteiger partial charge in [-0.15, -0.1) is 0 Å². The molecule has 3 rings (SSSR count). The molecule has 0 radical (unpaired) electrons. The highest BCUT2D eigenvalue weighted by atomic mass is 79.9. The van der Waals surface area contributed by atoms with Gasteiger partial charge in [0.15, 0.2) is 0 Å². The SMILES string of the molecule is OC(Cc1ccc2ccccc2c1)c1cscc1Br. The Morgan fingerprint density at radius 3 is 2.58 bits per heavy atom. The van der Waals surface area contributed by atoms with Gasteiger partial charge in [0.1, 0.15) is 0 Å². The molecule has 0 amide bonds. The third kappa shape index (κ3) is 2.73. The smallest absolute Gasteiger partial charge is 0.0849 e. The number of hydrogen-bond donors (Lipinski definition) is 1. The normalized spacial score (nSPS) is 12.7. The number of rotatable bonds is 3. The van der Waals surface area contributed by atoms with Gasteiger partial charge in [0.05, 0.1) is 6.10 Å². The average Bonchev–Trinajstić information content (AvgIpc) is 2.85. The molecule has 0 aliphatic rings. The van der Waals surface area contributed by atoms with Crippen LogP contribution in [-0.4, -0.2) is 5.11 Å². The molecule has 0 spiro atoms. The number of halogens is 1. The van der Waals surface area contributed by atoms with Crippen molar-refractivity contribution in [3.63, 3.8) is 0 Å². The van der Waals surface area contributed by atoms with Crippen LogP contribution in [0.15, 0.2) is 57.7 Å². The second kappa shape index (κ2) is 5.45. The summed E-state index contributed by atoms with van der Waals surface area (Å²) in [7, 11) is 0. The molecule has 0 bridgehead atoms. The Morgan fingerprint density at radius 1 is 1.05 bits per heavy atom. The van der Waals surface area contributed by atoms with E-state index < -0.39 is 6.10 Å². The molecular weight excluding hydrogens is 320 g/mol. The summed E-state index contributed by atoms with van der Waals surface area (Å²) in [6.07, 6.45) is 0.182. The van der Waals surface area contributed by atoms with E-state index in [9.17, 15) is 5.11 Å². The molecule has 0 saturated carbocycles. The molecule has 0 aliphatic heterocycles. The third-order valence-electron chi connectivity index (χ3n) is 3.24. The number of benzene rings is 2.